The molecule has 0 aliphatic carbocycles. The minimum atomic E-state index is 1.00. The van der Waals surface area contributed by atoms with Crippen LogP contribution >= 0.6 is 0 Å². The van der Waals surface area contributed by atoms with E-state index in [1.54, 1.807) is 0 Å². The summed E-state index contributed by atoms with van der Waals surface area (Å²) in [4.78, 5) is 2.23. The normalized spacial score (nSPS) is 14.5. The van der Waals surface area contributed by atoms with Crippen molar-refractivity contribution in [3.05, 3.63) is 48.7 Å². The highest BCUT2D eigenvalue weighted by Crippen LogP contribution is 2.30. The SMILES string of the molecule is C=C1C=CN(CC)c2ccccc21. The van der Waals surface area contributed by atoms with Gasteiger partial charge >= 0.3 is 0 Å². The molecule has 0 saturated heterocycles. The predicted molar refractivity (Wildman–Crippen MR) is 57.6 cm³/mol. The number of hydrogen-bond acceptors (Lipinski definition) is 1. The van der Waals surface area contributed by atoms with Gasteiger partial charge in [-0.3, -0.25) is 0 Å². The molecule has 0 bridgehead atoms. The van der Waals surface area contributed by atoms with Gasteiger partial charge in [0.1, 0.15) is 0 Å². The Bertz CT molecular complexity index is 363. The molecule has 0 radical (unpaired) electrons. The summed E-state index contributed by atoms with van der Waals surface area (Å²) >= 11 is 0. The van der Waals surface area contributed by atoms with Crippen LogP contribution < -0.4 is 4.90 Å². The van der Waals surface area contributed by atoms with Crippen LogP contribution in [0.15, 0.2) is 43.1 Å². The monoisotopic (exact) mass is 171 g/mol. The van der Waals surface area contributed by atoms with Gasteiger partial charge in [-0.05, 0) is 24.6 Å². The van der Waals surface area contributed by atoms with Crippen LogP contribution in [0.25, 0.3) is 5.57 Å². The summed E-state index contributed by atoms with van der Waals surface area (Å²) in [5.41, 5.74) is 3.60. The summed E-state index contributed by atoms with van der Waals surface area (Å²) < 4.78 is 0. The predicted octanol–water partition coefficient (Wildman–Crippen LogP) is 3.05. The molecule has 0 N–H and O–H groups in total. The summed E-state index contributed by atoms with van der Waals surface area (Å²) in [6.07, 6.45) is 4.15. The Labute approximate surface area is 79.0 Å². The van der Waals surface area contributed by atoms with Crippen LogP contribution in [0.3, 0.4) is 0 Å². The van der Waals surface area contributed by atoms with Gasteiger partial charge in [0, 0.05) is 24.0 Å². The van der Waals surface area contributed by atoms with Crippen molar-refractivity contribution in [1.82, 2.24) is 0 Å². The lowest BCUT2D eigenvalue weighted by Crippen LogP contribution is -2.18. The van der Waals surface area contributed by atoms with Crippen molar-refractivity contribution in [3.63, 3.8) is 0 Å². The second-order valence-electron chi connectivity index (χ2n) is 3.14. The van der Waals surface area contributed by atoms with Crippen molar-refractivity contribution >= 4 is 11.3 Å². The van der Waals surface area contributed by atoms with Crippen LogP contribution in [-0.4, -0.2) is 6.54 Å². The third-order valence-electron chi connectivity index (χ3n) is 2.36. The van der Waals surface area contributed by atoms with Crippen molar-refractivity contribution in [2.45, 2.75) is 6.92 Å². The largest absolute Gasteiger partial charge is 0.348 e. The summed E-state index contributed by atoms with van der Waals surface area (Å²) in [5.74, 6) is 0. The Balaban J connectivity index is 2.54. The maximum Gasteiger partial charge on any atom is 0.0485 e. The van der Waals surface area contributed by atoms with Gasteiger partial charge < -0.3 is 4.90 Å². The van der Waals surface area contributed by atoms with Gasteiger partial charge in [-0.2, -0.15) is 0 Å². The zero-order chi connectivity index (χ0) is 9.26. The van der Waals surface area contributed by atoms with E-state index in [4.69, 9.17) is 0 Å². The zero-order valence-corrected chi connectivity index (χ0v) is 7.83. The first-order valence-electron chi connectivity index (χ1n) is 4.56. The summed E-state index contributed by atoms with van der Waals surface area (Å²) in [6, 6.07) is 8.36. The lowest BCUT2D eigenvalue weighted by molar-refractivity contribution is 1.01. The van der Waals surface area contributed by atoms with E-state index in [1.165, 1.54) is 11.3 Å². The van der Waals surface area contributed by atoms with Gasteiger partial charge in [0.05, 0.1) is 0 Å². The molecule has 2 rings (SSSR count). The molecule has 0 amide bonds. The van der Waals surface area contributed by atoms with Crippen molar-refractivity contribution in [1.29, 1.82) is 0 Å². The molecule has 1 aromatic carbocycles. The number of fused-ring (bicyclic) bond motifs is 1. The first-order valence-corrected chi connectivity index (χ1v) is 4.56. The highest BCUT2D eigenvalue weighted by Gasteiger charge is 2.11. The van der Waals surface area contributed by atoms with Gasteiger partial charge in [0.25, 0.3) is 0 Å². The molecule has 66 valence electrons. The molecule has 1 aliphatic rings. The number of rotatable bonds is 1. The minimum absolute atomic E-state index is 1.00. The Hall–Kier alpha value is -1.50. The van der Waals surface area contributed by atoms with E-state index in [-0.39, 0.29) is 0 Å². The molecule has 1 heteroatoms. The molecular weight excluding hydrogens is 158 g/mol. The Kier molecular flexibility index (Phi) is 1.93. The third kappa shape index (κ3) is 1.26. The topological polar surface area (TPSA) is 3.24 Å². The average Bonchev–Trinajstić information content (AvgIpc) is 2.19. The molecule has 1 heterocycles. The van der Waals surface area contributed by atoms with E-state index < -0.39 is 0 Å². The van der Waals surface area contributed by atoms with Gasteiger partial charge in [0.2, 0.25) is 0 Å². The van der Waals surface area contributed by atoms with Crippen LogP contribution in [0, 0.1) is 0 Å². The number of benzene rings is 1. The van der Waals surface area contributed by atoms with E-state index in [2.05, 4.69) is 54.9 Å². The van der Waals surface area contributed by atoms with E-state index in [9.17, 15) is 0 Å². The van der Waals surface area contributed by atoms with Gasteiger partial charge in [0.15, 0.2) is 0 Å². The van der Waals surface area contributed by atoms with Crippen molar-refractivity contribution in [2.24, 2.45) is 0 Å². The molecule has 0 fully saturated rings. The molecule has 0 saturated carbocycles. The van der Waals surface area contributed by atoms with Gasteiger partial charge in [-0.1, -0.05) is 24.8 Å². The van der Waals surface area contributed by atoms with Crippen LogP contribution in [0.1, 0.15) is 12.5 Å². The summed E-state index contributed by atoms with van der Waals surface area (Å²) in [7, 11) is 0. The number of allylic oxidation sites excluding steroid dienone is 2. The second kappa shape index (κ2) is 3.09. The quantitative estimate of drug-likeness (QED) is 0.627. The van der Waals surface area contributed by atoms with E-state index in [0.717, 1.165) is 12.1 Å². The van der Waals surface area contributed by atoms with Crippen LogP contribution in [0.5, 0.6) is 0 Å². The Morgan fingerprint density at radius 2 is 2.08 bits per heavy atom. The highest BCUT2D eigenvalue weighted by atomic mass is 15.1. The van der Waals surface area contributed by atoms with Gasteiger partial charge in [-0.25, -0.2) is 0 Å². The fourth-order valence-corrected chi connectivity index (χ4v) is 1.62. The maximum atomic E-state index is 4.01. The number of hydrogen-bond donors (Lipinski definition) is 0. The van der Waals surface area contributed by atoms with Crippen LogP contribution in [0.4, 0.5) is 5.69 Å². The van der Waals surface area contributed by atoms with Crippen molar-refractivity contribution < 1.29 is 0 Å². The number of nitrogens with zero attached hydrogens (tertiary/aromatic N) is 1. The number of para-hydroxylation sites is 1. The molecule has 0 aromatic heterocycles. The molecule has 0 spiro atoms. The highest BCUT2D eigenvalue weighted by molar-refractivity contribution is 5.84. The van der Waals surface area contributed by atoms with Gasteiger partial charge in [-0.15, -0.1) is 0 Å². The Morgan fingerprint density at radius 3 is 2.85 bits per heavy atom. The average molecular weight is 171 g/mol. The van der Waals surface area contributed by atoms with Crippen LogP contribution in [-0.2, 0) is 0 Å². The first kappa shape index (κ1) is 8.11. The van der Waals surface area contributed by atoms with Crippen LogP contribution in [0.2, 0.25) is 0 Å². The molecule has 1 aliphatic heterocycles. The molecule has 0 atom stereocenters. The lowest BCUT2D eigenvalue weighted by Gasteiger charge is -2.25. The third-order valence-corrected chi connectivity index (χ3v) is 2.36. The standard InChI is InChI=1S/C12H13N/c1-3-13-9-8-10(2)11-6-4-5-7-12(11)13/h4-9H,2-3H2,1H3. The molecule has 1 nitrogen and oxygen atoms in total. The molecule has 13 heavy (non-hydrogen) atoms. The fourth-order valence-electron chi connectivity index (χ4n) is 1.62. The van der Waals surface area contributed by atoms with E-state index in [0.29, 0.717) is 0 Å². The molecule has 1 aromatic rings. The first-order chi connectivity index (χ1) is 6.33. The summed E-state index contributed by atoms with van der Waals surface area (Å²) in [5, 5.41) is 0. The molecular formula is C12H13N. The summed E-state index contributed by atoms with van der Waals surface area (Å²) in [6.45, 7) is 7.16. The van der Waals surface area contributed by atoms with Crippen molar-refractivity contribution in [2.75, 3.05) is 11.4 Å². The van der Waals surface area contributed by atoms with Crippen molar-refractivity contribution in [3.8, 4) is 0 Å². The number of anilines is 1. The maximum absolute atomic E-state index is 4.01. The zero-order valence-electron chi connectivity index (χ0n) is 7.83. The lowest BCUT2D eigenvalue weighted by atomic mass is 10.0. The smallest absolute Gasteiger partial charge is 0.0485 e. The molecule has 0 unspecified atom stereocenters. The second-order valence-corrected chi connectivity index (χ2v) is 3.14. The van der Waals surface area contributed by atoms with E-state index in [1.807, 2.05) is 0 Å². The minimum Gasteiger partial charge on any atom is -0.348 e. The fraction of sp³-hybridized carbons (Fsp3) is 0.167. The Morgan fingerprint density at radius 1 is 1.31 bits per heavy atom. The van der Waals surface area contributed by atoms with E-state index >= 15 is 0 Å².